The lowest BCUT2D eigenvalue weighted by atomic mass is 10.2. The maximum Gasteiger partial charge on any atom is 0.293 e. The summed E-state index contributed by atoms with van der Waals surface area (Å²) >= 11 is 0. The van der Waals surface area contributed by atoms with E-state index in [1.54, 1.807) is 13.0 Å². The number of piperazine rings is 1. The van der Waals surface area contributed by atoms with Crippen LogP contribution >= 0.6 is 0 Å². The first-order chi connectivity index (χ1) is 16.2. The summed E-state index contributed by atoms with van der Waals surface area (Å²) in [7, 11) is -3.85. The number of ether oxygens (including phenoxy) is 1. The van der Waals surface area contributed by atoms with Crippen molar-refractivity contribution in [1.29, 1.82) is 0 Å². The topological polar surface area (TPSA) is 151 Å². The monoisotopic (exact) mass is 494 g/mol. The smallest absolute Gasteiger partial charge is 0.293 e. The highest BCUT2D eigenvalue weighted by Gasteiger charge is 2.31. The summed E-state index contributed by atoms with van der Waals surface area (Å²) in [5.41, 5.74) is 0.752. The Kier molecular flexibility index (Phi) is 7.11. The number of aryl methyl sites for hydroxylation is 1. The van der Waals surface area contributed by atoms with Crippen LogP contribution in [0.2, 0.25) is 0 Å². The highest BCUT2D eigenvalue weighted by atomic mass is 32.2. The number of carbonyl (C=O) groups excluding carboxylic acids is 1. The molecule has 14 heteroatoms. The summed E-state index contributed by atoms with van der Waals surface area (Å²) in [6.45, 7) is 4.82. The third-order valence-corrected chi connectivity index (χ3v) is 7.62. The summed E-state index contributed by atoms with van der Waals surface area (Å²) in [4.78, 5) is 27.1. The molecule has 0 spiro atoms. The van der Waals surface area contributed by atoms with Gasteiger partial charge >= 0.3 is 0 Å². The van der Waals surface area contributed by atoms with Gasteiger partial charge in [-0.1, -0.05) is 5.16 Å². The van der Waals surface area contributed by atoms with Gasteiger partial charge in [0.15, 0.2) is 0 Å². The number of nitro benzene ring substituents is 1. The van der Waals surface area contributed by atoms with Crippen LogP contribution in [-0.4, -0.2) is 92.6 Å². The third kappa shape index (κ3) is 5.35. The molecule has 3 heterocycles. The van der Waals surface area contributed by atoms with Gasteiger partial charge in [-0.05, 0) is 19.1 Å². The standard InChI is InChI=1S/C20H26N6O7S/c1-15-12-20(33-22-15)21-19(27)14-23-4-6-24(7-5-23)17-3-2-16(13-18(17)26(28)29)34(30,31)25-8-10-32-11-9-25/h2-3,12-13H,4-11,14H2,1H3,(H,21,27). The summed E-state index contributed by atoms with van der Waals surface area (Å²) in [5, 5.41) is 18.1. The summed E-state index contributed by atoms with van der Waals surface area (Å²) < 4.78 is 37.3. The van der Waals surface area contributed by atoms with Crippen molar-refractivity contribution in [3.05, 3.63) is 40.1 Å². The van der Waals surface area contributed by atoms with E-state index in [0.29, 0.717) is 50.8 Å². The van der Waals surface area contributed by atoms with Crippen LogP contribution in [0.5, 0.6) is 0 Å². The maximum atomic E-state index is 12.9. The number of rotatable bonds is 7. The van der Waals surface area contributed by atoms with Crippen LogP contribution in [0, 0.1) is 17.0 Å². The fourth-order valence-electron chi connectivity index (χ4n) is 3.96. The second kappa shape index (κ2) is 10.0. The fraction of sp³-hybridized carbons (Fsp3) is 0.500. The molecule has 0 unspecified atom stereocenters. The molecule has 0 atom stereocenters. The van der Waals surface area contributed by atoms with Gasteiger partial charge in [-0.25, -0.2) is 8.42 Å². The van der Waals surface area contributed by atoms with Gasteiger partial charge in [0.1, 0.15) is 5.69 Å². The minimum atomic E-state index is -3.85. The van der Waals surface area contributed by atoms with Gasteiger partial charge in [-0.2, -0.15) is 4.31 Å². The molecule has 184 valence electrons. The molecule has 0 saturated carbocycles. The summed E-state index contributed by atoms with van der Waals surface area (Å²) in [5.74, 6) is 0.0390. The predicted molar refractivity (Wildman–Crippen MR) is 121 cm³/mol. The SMILES string of the molecule is Cc1cc(NC(=O)CN2CCN(c3ccc(S(=O)(=O)N4CCOCC4)cc3[N+](=O)[O-])CC2)on1. The third-order valence-electron chi connectivity index (χ3n) is 5.72. The molecule has 2 saturated heterocycles. The molecular formula is C20H26N6O7S. The van der Waals surface area contributed by atoms with Crippen molar-refractivity contribution >= 4 is 33.2 Å². The Morgan fingerprint density at radius 3 is 2.47 bits per heavy atom. The Hall–Kier alpha value is -3.07. The number of hydrogen-bond donors (Lipinski definition) is 1. The zero-order chi connectivity index (χ0) is 24.3. The van der Waals surface area contributed by atoms with Gasteiger partial charge in [0, 0.05) is 51.4 Å². The number of hydrogen-bond acceptors (Lipinski definition) is 10. The first-order valence-electron chi connectivity index (χ1n) is 10.8. The van der Waals surface area contributed by atoms with Crippen molar-refractivity contribution < 1.29 is 27.4 Å². The number of anilines is 2. The number of nitrogens with one attached hydrogen (secondary N) is 1. The Morgan fingerprint density at radius 1 is 1.15 bits per heavy atom. The Bertz CT molecular complexity index is 1150. The number of nitro groups is 1. The number of carbonyl (C=O) groups is 1. The molecule has 1 aromatic heterocycles. The van der Waals surface area contributed by atoms with E-state index < -0.39 is 14.9 Å². The minimum Gasteiger partial charge on any atom is -0.379 e. The van der Waals surface area contributed by atoms with E-state index in [-0.39, 0.29) is 42.0 Å². The average molecular weight is 495 g/mol. The number of nitrogens with zero attached hydrogens (tertiary/aromatic N) is 5. The van der Waals surface area contributed by atoms with Crippen molar-refractivity contribution in [1.82, 2.24) is 14.4 Å². The van der Waals surface area contributed by atoms with Crippen LogP contribution in [0.4, 0.5) is 17.3 Å². The molecule has 0 bridgehead atoms. The quantitative estimate of drug-likeness (QED) is 0.429. The van der Waals surface area contributed by atoms with Crippen molar-refractivity contribution in [2.75, 3.05) is 69.2 Å². The molecule has 2 aromatic rings. The van der Waals surface area contributed by atoms with Crippen LogP contribution in [0.1, 0.15) is 5.69 Å². The van der Waals surface area contributed by atoms with Crippen molar-refractivity contribution in [2.24, 2.45) is 0 Å². The van der Waals surface area contributed by atoms with E-state index in [4.69, 9.17) is 9.26 Å². The lowest BCUT2D eigenvalue weighted by Crippen LogP contribution is -2.48. The van der Waals surface area contributed by atoms with Gasteiger partial charge in [-0.15, -0.1) is 0 Å². The van der Waals surface area contributed by atoms with Crippen LogP contribution < -0.4 is 10.2 Å². The highest BCUT2D eigenvalue weighted by Crippen LogP contribution is 2.32. The average Bonchev–Trinajstić information content (AvgIpc) is 3.24. The Balaban J connectivity index is 1.41. The second-order valence-corrected chi connectivity index (χ2v) is 10.0. The lowest BCUT2D eigenvalue weighted by Gasteiger charge is -2.35. The molecule has 0 aliphatic carbocycles. The first kappa shape index (κ1) is 24.1. The number of aromatic nitrogens is 1. The molecular weight excluding hydrogens is 468 g/mol. The van der Waals surface area contributed by atoms with Gasteiger partial charge in [0.05, 0.1) is 35.3 Å². The molecule has 0 radical (unpaired) electrons. The largest absolute Gasteiger partial charge is 0.379 e. The molecule has 1 amide bonds. The zero-order valence-electron chi connectivity index (χ0n) is 18.7. The molecule has 2 aliphatic rings. The van der Waals surface area contributed by atoms with Gasteiger partial charge in [-0.3, -0.25) is 25.1 Å². The molecule has 13 nitrogen and oxygen atoms in total. The van der Waals surface area contributed by atoms with Gasteiger partial charge in [0.2, 0.25) is 21.8 Å². The molecule has 2 aliphatic heterocycles. The normalized spacial score (nSPS) is 18.1. The lowest BCUT2D eigenvalue weighted by molar-refractivity contribution is -0.384. The van der Waals surface area contributed by atoms with Crippen LogP contribution in [0.25, 0.3) is 0 Å². The van der Waals surface area contributed by atoms with Gasteiger partial charge in [0.25, 0.3) is 5.69 Å². The van der Waals surface area contributed by atoms with Crippen molar-refractivity contribution in [2.45, 2.75) is 11.8 Å². The Labute approximate surface area is 196 Å². The summed E-state index contributed by atoms with van der Waals surface area (Å²) in [6.07, 6.45) is 0. The number of sulfonamides is 1. The van der Waals surface area contributed by atoms with E-state index >= 15 is 0 Å². The molecule has 1 aromatic carbocycles. The second-order valence-electron chi connectivity index (χ2n) is 8.07. The van der Waals surface area contributed by atoms with Gasteiger partial charge < -0.3 is 14.2 Å². The van der Waals surface area contributed by atoms with E-state index in [9.17, 15) is 23.3 Å². The zero-order valence-corrected chi connectivity index (χ0v) is 19.5. The van der Waals surface area contributed by atoms with E-state index in [1.165, 1.54) is 16.4 Å². The summed E-state index contributed by atoms with van der Waals surface area (Å²) in [6, 6.07) is 5.64. The molecule has 4 rings (SSSR count). The predicted octanol–water partition coefficient (Wildman–Crippen LogP) is 0.673. The number of morpholine rings is 1. The molecule has 34 heavy (non-hydrogen) atoms. The van der Waals surface area contributed by atoms with Crippen LogP contribution in [0.15, 0.2) is 33.7 Å². The van der Waals surface area contributed by atoms with Crippen LogP contribution in [0.3, 0.4) is 0 Å². The van der Waals surface area contributed by atoms with E-state index in [0.717, 1.165) is 6.07 Å². The molecule has 1 N–H and O–H groups in total. The van der Waals surface area contributed by atoms with Crippen LogP contribution in [-0.2, 0) is 19.6 Å². The Morgan fingerprint density at radius 2 is 1.85 bits per heavy atom. The van der Waals surface area contributed by atoms with Crippen molar-refractivity contribution in [3.8, 4) is 0 Å². The van der Waals surface area contributed by atoms with E-state index in [1.807, 2.05) is 9.80 Å². The van der Waals surface area contributed by atoms with E-state index in [2.05, 4.69) is 10.5 Å². The minimum absolute atomic E-state index is 0.109. The maximum absolute atomic E-state index is 12.9. The highest BCUT2D eigenvalue weighted by molar-refractivity contribution is 7.89. The van der Waals surface area contributed by atoms with Crippen molar-refractivity contribution in [3.63, 3.8) is 0 Å². The number of amides is 1. The number of benzene rings is 1. The first-order valence-corrected chi connectivity index (χ1v) is 12.2. The fourth-order valence-corrected chi connectivity index (χ4v) is 5.39. The molecule has 2 fully saturated rings.